The minimum atomic E-state index is -0.0933. The number of nitrogens with one attached hydrogen (secondary N) is 2. The fourth-order valence-electron chi connectivity index (χ4n) is 1.29. The molecule has 84 valence electrons. The van der Waals surface area contributed by atoms with E-state index in [4.69, 9.17) is 4.74 Å². The molecule has 0 bridgehead atoms. The Labute approximate surface area is 89.2 Å². The largest absolute Gasteiger partial charge is 0.384 e. The van der Waals surface area contributed by atoms with Crippen molar-refractivity contribution in [3.63, 3.8) is 0 Å². The SMILES string of the molecule is COCC(C)CNC(=O)c1cn[nH]c1C. The lowest BCUT2D eigenvalue weighted by Crippen LogP contribution is -2.30. The standard InChI is InChI=1S/C10H17N3O2/c1-7(6-15-3)4-11-10(14)9-5-12-13-8(9)2/h5,7H,4,6H2,1-3H3,(H,11,14)(H,12,13). The van der Waals surface area contributed by atoms with Crippen LogP contribution >= 0.6 is 0 Å². The fourth-order valence-corrected chi connectivity index (χ4v) is 1.29. The summed E-state index contributed by atoms with van der Waals surface area (Å²) in [6.45, 7) is 5.09. The van der Waals surface area contributed by atoms with E-state index in [1.807, 2.05) is 13.8 Å². The third kappa shape index (κ3) is 3.36. The lowest BCUT2D eigenvalue weighted by atomic mass is 10.2. The van der Waals surface area contributed by atoms with E-state index in [2.05, 4.69) is 15.5 Å². The number of ether oxygens (including phenoxy) is 1. The molecule has 1 atom stereocenters. The number of hydrogen-bond acceptors (Lipinski definition) is 3. The molecule has 0 radical (unpaired) electrons. The molecule has 1 heterocycles. The van der Waals surface area contributed by atoms with Gasteiger partial charge in [0.15, 0.2) is 0 Å². The van der Waals surface area contributed by atoms with Gasteiger partial charge in [-0.3, -0.25) is 9.89 Å². The first-order valence-corrected chi connectivity index (χ1v) is 4.92. The van der Waals surface area contributed by atoms with Crippen LogP contribution in [0.2, 0.25) is 0 Å². The summed E-state index contributed by atoms with van der Waals surface area (Å²) in [5.74, 6) is 0.218. The monoisotopic (exact) mass is 211 g/mol. The Hall–Kier alpha value is -1.36. The summed E-state index contributed by atoms with van der Waals surface area (Å²) < 4.78 is 4.98. The van der Waals surface area contributed by atoms with E-state index in [1.54, 1.807) is 7.11 Å². The van der Waals surface area contributed by atoms with Gasteiger partial charge in [0.2, 0.25) is 0 Å². The number of aryl methyl sites for hydroxylation is 1. The van der Waals surface area contributed by atoms with Gasteiger partial charge in [0.05, 0.1) is 18.4 Å². The number of aromatic amines is 1. The summed E-state index contributed by atoms with van der Waals surface area (Å²) in [6, 6.07) is 0. The van der Waals surface area contributed by atoms with Gasteiger partial charge in [-0.2, -0.15) is 5.10 Å². The van der Waals surface area contributed by atoms with Gasteiger partial charge in [-0.1, -0.05) is 6.92 Å². The van der Waals surface area contributed by atoms with Crippen LogP contribution in [-0.4, -0.2) is 36.4 Å². The highest BCUT2D eigenvalue weighted by Crippen LogP contribution is 2.02. The van der Waals surface area contributed by atoms with Crippen LogP contribution in [0.4, 0.5) is 0 Å². The maximum absolute atomic E-state index is 11.6. The average Bonchev–Trinajstić information content (AvgIpc) is 2.61. The number of nitrogens with zero attached hydrogens (tertiary/aromatic N) is 1. The molecule has 0 aromatic carbocycles. The van der Waals surface area contributed by atoms with Crippen molar-refractivity contribution in [3.05, 3.63) is 17.5 Å². The Bertz CT molecular complexity index is 322. The van der Waals surface area contributed by atoms with Crippen molar-refractivity contribution in [1.29, 1.82) is 0 Å². The van der Waals surface area contributed by atoms with Gasteiger partial charge in [0.1, 0.15) is 0 Å². The molecule has 5 heteroatoms. The molecule has 0 saturated carbocycles. The molecule has 1 aromatic rings. The minimum absolute atomic E-state index is 0.0933. The topological polar surface area (TPSA) is 67.0 Å². The molecule has 0 aliphatic rings. The third-order valence-electron chi connectivity index (χ3n) is 2.14. The normalized spacial score (nSPS) is 12.5. The maximum Gasteiger partial charge on any atom is 0.254 e. The lowest BCUT2D eigenvalue weighted by Gasteiger charge is -2.10. The van der Waals surface area contributed by atoms with E-state index in [0.29, 0.717) is 24.6 Å². The molecule has 1 amide bonds. The summed E-state index contributed by atoms with van der Waals surface area (Å²) in [5, 5.41) is 9.35. The number of H-pyrrole nitrogens is 1. The second kappa shape index (κ2) is 5.50. The quantitative estimate of drug-likeness (QED) is 0.754. The molecular formula is C10H17N3O2. The Morgan fingerprint density at radius 1 is 1.73 bits per heavy atom. The number of carbonyl (C=O) groups is 1. The predicted octanol–water partition coefficient (Wildman–Crippen LogP) is 0.730. The van der Waals surface area contributed by atoms with E-state index in [-0.39, 0.29) is 5.91 Å². The van der Waals surface area contributed by atoms with E-state index in [1.165, 1.54) is 6.20 Å². The van der Waals surface area contributed by atoms with Crippen LogP contribution in [0.3, 0.4) is 0 Å². The van der Waals surface area contributed by atoms with Gasteiger partial charge in [0, 0.05) is 19.3 Å². The Morgan fingerprint density at radius 2 is 2.47 bits per heavy atom. The number of rotatable bonds is 5. The Kier molecular flexibility index (Phi) is 4.30. The highest BCUT2D eigenvalue weighted by Gasteiger charge is 2.11. The maximum atomic E-state index is 11.6. The van der Waals surface area contributed by atoms with Gasteiger partial charge in [-0.25, -0.2) is 0 Å². The second-order valence-electron chi connectivity index (χ2n) is 3.68. The molecule has 0 aliphatic carbocycles. The lowest BCUT2D eigenvalue weighted by molar-refractivity contribution is 0.0933. The summed E-state index contributed by atoms with van der Waals surface area (Å²) in [7, 11) is 1.65. The van der Waals surface area contributed by atoms with Crippen molar-refractivity contribution in [2.75, 3.05) is 20.3 Å². The smallest absolute Gasteiger partial charge is 0.254 e. The van der Waals surface area contributed by atoms with Crippen molar-refractivity contribution in [2.45, 2.75) is 13.8 Å². The van der Waals surface area contributed by atoms with Gasteiger partial charge < -0.3 is 10.1 Å². The molecule has 1 rings (SSSR count). The average molecular weight is 211 g/mol. The van der Waals surface area contributed by atoms with Crippen molar-refractivity contribution < 1.29 is 9.53 Å². The Balaban J connectivity index is 2.40. The van der Waals surface area contributed by atoms with Crippen molar-refractivity contribution in [2.24, 2.45) is 5.92 Å². The van der Waals surface area contributed by atoms with Gasteiger partial charge in [0.25, 0.3) is 5.91 Å². The number of carbonyl (C=O) groups excluding carboxylic acids is 1. The first-order valence-electron chi connectivity index (χ1n) is 4.92. The molecule has 15 heavy (non-hydrogen) atoms. The number of aromatic nitrogens is 2. The van der Waals surface area contributed by atoms with Crippen molar-refractivity contribution in [1.82, 2.24) is 15.5 Å². The third-order valence-corrected chi connectivity index (χ3v) is 2.14. The van der Waals surface area contributed by atoms with Crippen LogP contribution < -0.4 is 5.32 Å². The zero-order valence-corrected chi connectivity index (χ0v) is 9.33. The molecule has 5 nitrogen and oxygen atoms in total. The highest BCUT2D eigenvalue weighted by molar-refractivity contribution is 5.94. The number of methoxy groups -OCH3 is 1. The molecule has 1 unspecified atom stereocenters. The zero-order valence-electron chi connectivity index (χ0n) is 9.33. The van der Waals surface area contributed by atoms with Crippen LogP contribution in [0.25, 0.3) is 0 Å². The summed E-state index contributed by atoms with van der Waals surface area (Å²) in [5.41, 5.74) is 1.38. The summed E-state index contributed by atoms with van der Waals surface area (Å²) in [4.78, 5) is 11.6. The summed E-state index contributed by atoms with van der Waals surface area (Å²) in [6.07, 6.45) is 1.53. The fraction of sp³-hybridized carbons (Fsp3) is 0.600. The molecule has 0 spiro atoms. The highest BCUT2D eigenvalue weighted by atomic mass is 16.5. The zero-order chi connectivity index (χ0) is 11.3. The summed E-state index contributed by atoms with van der Waals surface area (Å²) >= 11 is 0. The molecule has 2 N–H and O–H groups in total. The number of hydrogen-bond donors (Lipinski definition) is 2. The van der Waals surface area contributed by atoms with Gasteiger partial charge in [-0.15, -0.1) is 0 Å². The Morgan fingerprint density at radius 3 is 3.00 bits per heavy atom. The molecule has 0 fully saturated rings. The van der Waals surface area contributed by atoms with Crippen LogP contribution in [0, 0.1) is 12.8 Å². The van der Waals surface area contributed by atoms with E-state index < -0.39 is 0 Å². The van der Waals surface area contributed by atoms with E-state index in [0.717, 1.165) is 5.69 Å². The van der Waals surface area contributed by atoms with Crippen LogP contribution in [-0.2, 0) is 4.74 Å². The van der Waals surface area contributed by atoms with E-state index >= 15 is 0 Å². The van der Waals surface area contributed by atoms with Crippen molar-refractivity contribution >= 4 is 5.91 Å². The first-order chi connectivity index (χ1) is 7.15. The molecular weight excluding hydrogens is 194 g/mol. The van der Waals surface area contributed by atoms with Crippen LogP contribution in [0.5, 0.6) is 0 Å². The van der Waals surface area contributed by atoms with Crippen LogP contribution in [0.1, 0.15) is 23.0 Å². The molecule has 0 saturated heterocycles. The first kappa shape index (κ1) is 11.7. The number of amides is 1. The molecule has 0 aliphatic heterocycles. The van der Waals surface area contributed by atoms with E-state index in [9.17, 15) is 4.79 Å². The van der Waals surface area contributed by atoms with Gasteiger partial charge in [-0.05, 0) is 12.8 Å². The minimum Gasteiger partial charge on any atom is -0.384 e. The van der Waals surface area contributed by atoms with Gasteiger partial charge >= 0.3 is 0 Å². The molecule has 1 aromatic heterocycles. The van der Waals surface area contributed by atoms with Crippen LogP contribution in [0.15, 0.2) is 6.20 Å². The second-order valence-corrected chi connectivity index (χ2v) is 3.68. The van der Waals surface area contributed by atoms with Crippen molar-refractivity contribution in [3.8, 4) is 0 Å². The predicted molar refractivity (Wildman–Crippen MR) is 56.7 cm³/mol.